The minimum Gasteiger partial charge on any atom is -0.361 e. The molecule has 50 heavy (non-hydrogen) atoms. The van der Waals surface area contributed by atoms with Crippen LogP contribution in [0.15, 0.2) is 97.3 Å². The van der Waals surface area contributed by atoms with Crippen LogP contribution in [0.1, 0.15) is 62.5 Å². The van der Waals surface area contributed by atoms with Gasteiger partial charge in [0.05, 0.1) is 21.9 Å². The van der Waals surface area contributed by atoms with E-state index in [1.165, 1.54) is 0 Å². The number of benzene rings is 4. The molecule has 0 saturated carbocycles. The molecule has 0 aliphatic carbocycles. The molecule has 0 radical (unpaired) electrons. The number of aromatic amines is 2. The smallest absolute Gasteiger partial charge is 0.234 e. The molecule has 254 valence electrons. The van der Waals surface area contributed by atoms with Crippen LogP contribution in [0.25, 0.3) is 44.1 Å². The van der Waals surface area contributed by atoms with Gasteiger partial charge in [-0.3, -0.25) is 29.8 Å². The number of rotatable bonds is 4. The highest BCUT2D eigenvalue weighted by molar-refractivity contribution is 6.35. The van der Waals surface area contributed by atoms with Crippen molar-refractivity contribution in [2.45, 2.75) is 51.4 Å². The molecule has 2 aromatic heterocycles. The van der Waals surface area contributed by atoms with E-state index in [2.05, 4.69) is 26.7 Å². The second-order valence-corrected chi connectivity index (χ2v) is 12.7. The molecule has 4 aromatic carbocycles. The van der Waals surface area contributed by atoms with Gasteiger partial charge < -0.3 is 9.97 Å². The number of hydrogen-bond acceptors (Lipinski definition) is 4. The van der Waals surface area contributed by atoms with Crippen LogP contribution in [0, 0.1) is 0 Å². The van der Waals surface area contributed by atoms with Gasteiger partial charge in [0, 0.05) is 47.4 Å². The number of imide groups is 2. The number of hydrogen-bond donors (Lipinski definition) is 4. The monoisotopic (exact) mass is 706 g/mol. The lowest BCUT2D eigenvalue weighted by Crippen LogP contribution is -2.39. The van der Waals surface area contributed by atoms with Gasteiger partial charge in [0.2, 0.25) is 23.6 Å². The Morgan fingerprint density at radius 2 is 1.06 bits per heavy atom. The van der Waals surface area contributed by atoms with Crippen LogP contribution in [0.4, 0.5) is 0 Å². The predicted octanol–water partition coefficient (Wildman–Crippen LogP) is 9.04. The Labute approximate surface area is 299 Å². The van der Waals surface area contributed by atoms with Crippen LogP contribution >= 0.6 is 23.2 Å². The fourth-order valence-electron chi connectivity index (χ4n) is 6.50. The van der Waals surface area contributed by atoms with Crippen molar-refractivity contribution in [3.05, 3.63) is 118 Å². The number of carbonyl (C=O) groups is 4. The Kier molecular flexibility index (Phi) is 10.5. The summed E-state index contributed by atoms with van der Waals surface area (Å²) in [4.78, 5) is 53.4. The Balaban J connectivity index is 0.000000165. The maximum Gasteiger partial charge on any atom is 0.234 e. The van der Waals surface area contributed by atoms with E-state index in [9.17, 15) is 19.2 Å². The summed E-state index contributed by atoms with van der Waals surface area (Å²) in [5, 5.41) is 8.17. The van der Waals surface area contributed by atoms with E-state index in [1.807, 2.05) is 105 Å². The minimum absolute atomic E-state index is 0.221. The Hall–Kier alpha value is -5.18. The molecule has 6 aromatic rings. The van der Waals surface area contributed by atoms with E-state index in [0.717, 1.165) is 55.2 Å². The van der Waals surface area contributed by atoms with Gasteiger partial charge >= 0.3 is 0 Å². The quantitative estimate of drug-likeness (QED) is 0.137. The van der Waals surface area contributed by atoms with Gasteiger partial charge in [-0.1, -0.05) is 91.6 Å². The van der Waals surface area contributed by atoms with Crippen molar-refractivity contribution in [3.63, 3.8) is 0 Å². The number of nitrogens with one attached hydrogen (secondary N) is 4. The zero-order valence-corrected chi connectivity index (χ0v) is 29.1. The summed E-state index contributed by atoms with van der Waals surface area (Å²) in [6.07, 6.45) is 5.46. The van der Waals surface area contributed by atoms with Gasteiger partial charge in [-0.15, -0.1) is 0 Å². The first-order valence-corrected chi connectivity index (χ1v) is 17.4. The van der Waals surface area contributed by atoms with Crippen LogP contribution in [0.2, 0.25) is 10.0 Å². The Morgan fingerprint density at radius 3 is 1.62 bits per heavy atom. The molecule has 4 heterocycles. The van der Waals surface area contributed by atoms with Crippen molar-refractivity contribution in [1.82, 2.24) is 20.6 Å². The summed E-state index contributed by atoms with van der Waals surface area (Å²) < 4.78 is 0. The molecule has 2 atom stereocenters. The molecule has 4 amide bonds. The molecule has 0 spiro atoms. The molecule has 2 unspecified atom stereocenters. The molecule has 2 aliphatic rings. The SMILES string of the molecule is CC.O=C1CCC(c2cccc(-c3ccc4[nH]ccc4c3)c2Cl)C(=O)N1.O=C1CCC(c2cccc(-c3ccc4cc[nH]c4c3)c2Cl)C(=O)N1. The topological polar surface area (TPSA) is 124 Å². The van der Waals surface area contributed by atoms with Gasteiger partial charge in [-0.05, 0) is 76.2 Å². The van der Waals surface area contributed by atoms with Crippen molar-refractivity contribution in [3.8, 4) is 22.3 Å². The fraction of sp³-hybridized carbons (Fsp3) is 0.200. The summed E-state index contributed by atoms with van der Waals surface area (Å²) in [7, 11) is 0. The standard InChI is InChI=1S/2C19H15ClN2O2.C2H6/c20-18-13(11-4-6-16-12(10-11)8-9-21-16)2-1-3-14(18)15-5-7-17(23)22-19(15)24;20-18-13(12-5-4-11-8-9-21-16(11)10-12)2-1-3-14(18)15-6-7-17(23)22-19(15)24;1-2/h1-4,6,8-10,15,21H,5,7H2,(H,22,23,24);1-5,8-10,15,21H,6-7H2,(H,22,23,24);1-2H3. The van der Waals surface area contributed by atoms with Crippen molar-refractivity contribution in [2.75, 3.05) is 0 Å². The van der Waals surface area contributed by atoms with E-state index in [4.69, 9.17) is 23.2 Å². The lowest BCUT2D eigenvalue weighted by molar-refractivity contribution is -0.135. The summed E-state index contributed by atoms with van der Waals surface area (Å²) in [6, 6.07) is 27.6. The van der Waals surface area contributed by atoms with Crippen LogP contribution in [0.5, 0.6) is 0 Å². The van der Waals surface area contributed by atoms with Crippen molar-refractivity contribution in [1.29, 1.82) is 0 Å². The highest BCUT2D eigenvalue weighted by Crippen LogP contribution is 2.39. The molecule has 2 aliphatic heterocycles. The molecular formula is C40H36Cl2N4O4. The number of aromatic nitrogens is 2. The van der Waals surface area contributed by atoms with Gasteiger partial charge in [0.15, 0.2) is 0 Å². The third-order valence-corrected chi connectivity index (χ3v) is 9.86. The number of fused-ring (bicyclic) bond motifs is 2. The number of halogens is 2. The first-order valence-electron chi connectivity index (χ1n) is 16.7. The van der Waals surface area contributed by atoms with Crippen LogP contribution < -0.4 is 10.6 Å². The number of amides is 4. The largest absolute Gasteiger partial charge is 0.361 e. The molecule has 8 rings (SSSR count). The lowest BCUT2D eigenvalue weighted by Gasteiger charge is -2.23. The van der Waals surface area contributed by atoms with Gasteiger partial charge in [-0.2, -0.15) is 0 Å². The van der Waals surface area contributed by atoms with Gasteiger partial charge in [0.25, 0.3) is 0 Å². The van der Waals surface area contributed by atoms with Crippen LogP contribution in [-0.4, -0.2) is 33.6 Å². The maximum absolute atomic E-state index is 12.2. The second-order valence-electron chi connectivity index (χ2n) is 12.0. The molecule has 0 bridgehead atoms. The fourth-order valence-corrected chi connectivity index (χ4v) is 7.23. The average molecular weight is 708 g/mol. The molecule has 2 saturated heterocycles. The van der Waals surface area contributed by atoms with Crippen molar-refractivity contribution in [2.24, 2.45) is 0 Å². The second kappa shape index (κ2) is 15.2. The minimum atomic E-state index is -0.385. The van der Waals surface area contributed by atoms with Crippen molar-refractivity contribution < 1.29 is 19.2 Å². The third kappa shape index (κ3) is 7.08. The van der Waals surface area contributed by atoms with Crippen LogP contribution in [0.3, 0.4) is 0 Å². The van der Waals surface area contributed by atoms with Gasteiger partial charge in [-0.25, -0.2) is 0 Å². The van der Waals surface area contributed by atoms with Gasteiger partial charge in [0.1, 0.15) is 0 Å². The third-order valence-electron chi connectivity index (χ3n) is 9.02. The predicted molar refractivity (Wildman–Crippen MR) is 199 cm³/mol. The zero-order chi connectivity index (χ0) is 35.4. The Bertz CT molecular complexity index is 2080. The van der Waals surface area contributed by atoms with E-state index in [0.29, 0.717) is 35.7 Å². The van der Waals surface area contributed by atoms with E-state index in [1.54, 1.807) is 0 Å². The molecule has 10 heteroatoms. The molecule has 2 fully saturated rings. The summed E-state index contributed by atoms with van der Waals surface area (Å²) in [5.41, 5.74) is 7.41. The summed E-state index contributed by atoms with van der Waals surface area (Å²) >= 11 is 13.3. The normalized spacial score (nSPS) is 17.4. The number of carbonyl (C=O) groups excluding carboxylic acids is 4. The maximum atomic E-state index is 12.2. The highest BCUT2D eigenvalue weighted by atomic mass is 35.5. The van der Waals surface area contributed by atoms with E-state index >= 15 is 0 Å². The molecule has 4 N–H and O–H groups in total. The highest BCUT2D eigenvalue weighted by Gasteiger charge is 2.31. The first-order chi connectivity index (χ1) is 24.3. The molecular weight excluding hydrogens is 671 g/mol. The first kappa shape index (κ1) is 34.7. The zero-order valence-electron chi connectivity index (χ0n) is 27.6. The number of piperidine rings is 2. The van der Waals surface area contributed by atoms with E-state index < -0.39 is 0 Å². The van der Waals surface area contributed by atoms with Crippen molar-refractivity contribution >= 4 is 68.6 Å². The summed E-state index contributed by atoms with van der Waals surface area (Å²) in [5.74, 6) is -1.76. The molecule has 8 nitrogen and oxygen atoms in total. The van der Waals surface area contributed by atoms with Crippen LogP contribution in [-0.2, 0) is 19.2 Å². The van der Waals surface area contributed by atoms with E-state index in [-0.39, 0.29) is 35.5 Å². The lowest BCUT2D eigenvalue weighted by atomic mass is 9.88. The Morgan fingerprint density at radius 1 is 0.560 bits per heavy atom. The average Bonchev–Trinajstić information content (AvgIpc) is 3.79. The summed E-state index contributed by atoms with van der Waals surface area (Å²) in [6.45, 7) is 4.00. The number of H-pyrrole nitrogens is 2.